The molecule has 1 aromatic carbocycles. The largest absolute Gasteiger partial charge is 0.381 e. The van der Waals surface area contributed by atoms with Gasteiger partial charge in [0.05, 0.1) is 0 Å². The number of aryl methyl sites for hydroxylation is 1. The zero-order chi connectivity index (χ0) is 16.2. The molecule has 120 valence electrons. The van der Waals surface area contributed by atoms with Crippen LogP contribution >= 0.6 is 0 Å². The molecule has 0 aliphatic carbocycles. The van der Waals surface area contributed by atoms with Gasteiger partial charge in [-0.05, 0) is 49.4 Å². The van der Waals surface area contributed by atoms with Crippen LogP contribution < -0.4 is 5.32 Å². The molecule has 1 aliphatic rings. The maximum atomic E-state index is 12.4. The highest BCUT2D eigenvalue weighted by Crippen LogP contribution is 2.27. The van der Waals surface area contributed by atoms with Gasteiger partial charge in [-0.2, -0.15) is 0 Å². The van der Waals surface area contributed by atoms with Crippen LogP contribution in [-0.2, 0) is 9.53 Å². The van der Waals surface area contributed by atoms with Crippen LogP contribution in [0.3, 0.4) is 0 Å². The van der Waals surface area contributed by atoms with E-state index in [-0.39, 0.29) is 11.8 Å². The Kier molecular flexibility index (Phi) is 4.72. The average molecular weight is 310 g/mol. The van der Waals surface area contributed by atoms with Crippen LogP contribution in [0.15, 0.2) is 36.4 Å². The van der Waals surface area contributed by atoms with E-state index in [1.165, 1.54) is 0 Å². The SMILES string of the molecule is Cc1nc(NC(=O)C2CCOCC2)cc(-c2ccccc2)c1C. The van der Waals surface area contributed by atoms with Crippen molar-refractivity contribution in [2.24, 2.45) is 5.92 Å². The highest BCUT2D eigenvalue weighted by molar-refractivity contribution is 5.92. The third kappa shape index (κ3) is 3.59. The fourth-order valence-electron chi connectivity index (χ4n) is 2.91. The molecule has 0 unspecified atom stereocenters. The average Bonchev–Trinajstić information content (AvgIpc) is 2.59. The molecule has 0 bridgehead atoms. The fourth-order valence-corrected chi connectivity index (χ4v) is 2.91. The standard InChI is InChI=1S/C19H22N2O2/c1-13-14(2)20-18(12-17(13)15-6-4-3-5-7-15)21-19(22)16-8-10-23-11-9-16/h3-7,12,16H,8-11H2,1-2H3,(H,20,21,22). The minimum atomic E-state index is 0.0207. The highest BCUT2D eigenvalue weighted by Gasteiger charge is 2.22. The molecule has 1 amide bonds. The summed E-state index contributed by atoms with van der Waals surface area (Å²) in [7, 11) is 0. The van der Waals surface area contributed by atoms with E-state index in [9.17, 15) is 4.79 Å². The molecule has 2 heterocycles. The number of nitrogens with one attached hydrogen (secondary N) is 1. The molecule has 3 rings (SSSR count). The Morgan fingerprint density at radius 1 is 1.17 bits per heavy atom. The number of nitrogens with zero attached hydrogens (tertiary/aromatic N) is 1. The van der Waals surface area contributed by atoms with Gasteiger partial charge in [0.1, 0.15) is 5.82 Å². The van der Waals surface area contributed by atoms with E-state index < -0.39 is 0 Å². The van der Waals surface area contributed by atoms with E-state index in [0.717, 1.165) is 35.2 Å². The fraction of sp³-hybridized carbons (Fsp3) is 0.368. The monoisotopic (exact) mass is 310 g/mol. The molecule has 1 fully saturated rings. The maximum absolute atomic E-state index is 12.4. The number of aromatic nitrogens is 1. The van der Waals surface area contributed by atoms with Gasteiger partial charge in [-0.25, -0.2) is 4.98 Å². The Morgan fingerprint density at radius 3 is 2.57 bits per heavy atom. The molecule has 1 aliphatic heterocycles. The molecule has 4 heteroatoms. The Hall–Kier alpha value is -2.20. The first-order valence-corrected chi connectivity index (χ1v) is 8.07. The third-order valence-electron chi connectivity index (χ3n) is 4.44. The van der Waals surface area contributed by atoms with E-state index in [1.54, 1.807) is 0 Å². The van der Waals surface area contributed by atoms with Gasteiger partial charge in [0.15, 0.2) is 0 Å². The number of carbonyl (C=O) groups is 1. The number of anilines is 1. The van der Waals surface area contributed by atoms with Crippen molar-refractivity contribution in [3.05, 3.63) is 47.7 Å². The summed E-state index contributed by atoms with van der Waals surface area (Å²) < 4.78 is 5.32. The summed E-state index contributed by atoms with van der Waals surface area (Å²) in [5.41, 5.74) is 4.33. The number of pyridine rings is 1. The van der Waals surface area contributed by atoms with Crippen LogP contribution in [0.25, 0.3) is 11.1 Å². The number of benzene rings is 1. The van der Waals surface area contributed by atoms with Crippen LogP contribution in [-0.4, -0.2) is 24.1 Å². The second-order valence-corrected chi connectivity index (χ2v) is 6.01. The smallest absolute Gasteiger partial charge is 0.228 e. The summed E-state index contributed by atoms with van der Waals surface area (Å²) in [6, 6.07) is 12.2. The van der Waals surface area contributed by atoms with Gasteiger partial charge in [-0.1, -0.05) is 30.3 Å². The highest BCUT2D eigenvalue weighted by atomic mass is 16.5. The summed E-state index contributed by atoms with van der Waals surface area (Å²) in [5.74, 6) is 0.693. The van der Waals surface area contributed by atoms with Crippen LogP contribution in [0, 0.1) is 19.8 Å². The normalized spacial score (nSPS) is 15.4. The minimum absolute atomic E-state index is 0.0207. The van der Waals surface area contributed by atoms with Crippen molar-refractivity contribution in [3.63, 3.8) is 0 Å². The summed E-state index contributed by atoms with van der Waals surface area (Å²) >= 11 is 0. The van der Waals surface area contributed by atoms with E-state index in [4.69, 9.17) is 4.74 Å². The lowest BCUT2D eigenvalue weighted by atomic mass is 9.98. The Labute approximate surface area is 136 Å². The molecule has 2 aromatic rings. The Morgan fingerprint density at radius 2 is 1.87 bits per heavy atom. The van der Waals surface area contributed by atoms with Gasteiger partial charge in [0.2, 0.25) is 5.91 Å². The van der Waals surface area contributed by atoms with Gasteiger partial charge in [-0.3, -0.25) is 4.79 Å². The third-order valence-corrected chi connectivity index (χ3v) is 4.44. The zero-order valence-electron chi connectivity index (χ0n) is 13.6. The number of rotatable bonds is 3. The number of ether oxygens (including phenoxy) is 1. The van der Waals surface area contributed by atoms with Gasteiger partial charge < -0.3 is 10.1 Å². The van der Waals surface area contributed by atoms with Crippen molar-refractivity contribution in [3.8, 4) is 11.1 Å². The maximum Gasteiger partial charge on any atom is 0.228 e. The van der Waals surface area contributed by atoms with Gasteiger partial charge in [0, 0.05) is 24.8 Å². The first-order valence-electron chi connectivity index (χ1n) is 8.07. The summed E-state index contributed by atoms with van der Waals surface area (Å²) in [5, 5.41) is 2.98. The molecule has 1 aromatic heterocycles. The molecule has 4 nitrogen and oxygen atoms in total. The molecule has 0 atom stereocenters. The van der Waals surface area contributed by atoms with Gasteiger partial charge in [-0.15, -0.1) is 0 Å². The summed E-state index contributed by atoms with van der Waals surface area (Å²) in [4.78, 5) is 16.9. The van der Waals surface area contributed by atoms with Crippen LogP contribution in [0.2, 0.25) is 0 Å². The van der Waals surface area contributed by atoms with Crippen LogP contribution in [0.1, 0.15) is 24.1 Å². The van der Waals surface area contributed by atoms with Crippen LogP contribution in [0.5, 0.6) is 0 Å². The first kappa shape index (κ1) is 15.7. The number of hydrogen-bond donors (Lipinski definition) is 1. The van der Waals surface area contributed by atoms with Crippen molar-refractivity contribution in [2.75, 3.05) is 18.5 Å². The van der Waals surface area contributed by atoms with Gasteiger partial charge in [0.25, 0.3) is 0 Å². The number of amides is 1. The quantitative estimate of drug-likeness (QED) is 0.940. The second kappa shape index (κ2) is 6.92. The lowest BCUT2D eigenvalue weighted by Crippen LogP contribution is -2.29. The summed E-state index contributed by atoms with van der Waals surface area (Å²) in [6.07, 6.45) is 1.56. The van der Waals surface area contributed by atoms with Crippen LogP contribution in [0.4, 0.5) is 5.82 Å². The molecular formula is C19H22N2O2. The second-order valence-electron chi connectivity index (χ2n) is 6.01. The van der Waals surface area contributed by atoms with Crippen molar-refractivity contribution in [1.82, 2.24) is 4.98 Å². The lowest BCUT2D eigenvalue weighted by molar-refractivity contribution is -0.122. The van der Waals surface area contributed by atoms with E-state index in [2.05, 4.69) is 29.4 Å². The topological polar surface area (TPSA) is 51.2 Å². The molecule has 0 saturated carbocycles. The van der Waals surface area contributed by atoms with E-state index in [1.807, 2.05) is 31.2 Å². The molecular weight excluding hydrogens is 288 g/mol. The first-order chi connectivity index (χ1) is 11.1. The van der Waals surface area contributed by atoms with Crippen molar-refractivity contribution < 1.29 is 9.53 Å². The van der Waals surface area contributed by atoms with Crippen molar-refractivity contribution in [2.45, 2.75) is 26.7 Å². The Balaban J connectivity index is 1.85. The molecule has 1 saturated heterocycles. The lowest BCUT2D eigenvalue weighted by Gasteiger charge is -2.21. The summed E-state index contributed by atoms with van der Waals surface area (Å²) in [6.45, 7) is 5.36. The van der Waals surface area contributed by atoms with Crippen molar-refractivity contribution >= 4 is 11.7 Å². The number of hydrogen-bond acceptors (Lipinski definition) is 3. The molecule has 0 radical (unpaired) electrons. The zero-order valence-corrected chi connectivity index (χ0v) is 13.6. The van der Waals surface area contributed by atoms with E-state index >= 15 is 0 Å². The molecule has 0 spiro atoms. The predicted octanol–water partition coefficient (Wildman–Crippen LogP) is 3.73. The minimum Gasteiger partial charge on any atom is -0.381 e. The van der Waals surface area contributed by atoms with Gasteiger partial charge >= 0.3 is 0 Å². The van der Waals surface area contributed by atoms with E-state index in [0.29, 0.717) is 19.0 Å². The molecule has 1 N–H and O–H groups in total. The Bertz CT molecular complexity index is 692. The van der Waals surface area contributed by atoms with Crippen molar-refractivity contribution in [1.29, 1.82) is 0 Å². The number of carbonyl (C=O) groups excluding carboxylic acids is 1. The molecule has 23 heavy (non-hydrogen) atoms. The predicted molar refractivity (Wildman–Crippen MR) is 91.3 cm³/mol.